The van der Waals surface area contributed by atoms with Crippen molar-refractivity contribution in [1.82, 2.24) is 4.98 Å². The number of alkyl halides is 3. The Kier molecular flexibility index (Phi) is 7.04. The van der Waals surface area contributed by atoms with Crippen LogP contribution in [0.25, 0.3) is 0 Å². The van der Waals surface area contributed by atoms with E-state index in [-0.39, 0.29) is 29.4 Å². The molecule has 6 nitrogen and oxygen atoms in total. The summed E-state index contributed by atoms with van der Waals surface area (Å²) in [5.74, 6) is -0.00325. The molecule has 30 heavy (non-hydrogen) atoms. The van der Waals surface area contributed by atoms with Crippen LogP contribution in [0.4, 0.5) is 13.2 Å². The second-order valence-electron chi connectivity index (χ2n) is 6.61. The number of carbonyl (C=O) groups excluding carboxylic acids is 1. The molecular weight excluding hydrogens is 427 g/mol. The molecule has 1 aliphatic heterocycles. The summed E-state index contributed by atoms with van der Waals surface area (Å²) >= 11 is 5.82. The molecule has 0 bridgehead atoms. The van der Waals surface area contributed by atoms with E-state index in [4.69, 9.17) is 30.5 Å². The van der Waals surface area contributed by atoms with Gasteiger partial charge in [-0.1, -0.05) is 11.6 Å². The lowest BCUT2D eigenvalue weighted by Gasteiger charge is -2.16. The molecule has 2 heterocycles. The minimum absolute atomic E-state index is 0.0665. The molecule has 2 atom stereocenters. The Balaban J connectivity index is 1.53. The predicted octanol–water partition coefficient (Wildman–Crippen LogP) is 5.04. The SMILES string of the molecule is C[C@@H](Oc1ccc(Oc2ncc(C(F)(F)F)cc2Cl)cc1)C(=O)OCC1CCCO1. The summed E-state index contributed by atoms with van der Waals surface area (Å²) in [6.07, 6.45) is -2.98. The fourth-order valence-electron chi connectivity index (χ4n) is 2.67. The molecule has 0 saturated carbocycles. The van der Waals surface area contributed by atoms with Gasteiger partial charge in [-0.25, -0.2) is 9.78 Å². The fourth-order valence-corrected chi connectivity index (χ4v) is 2.88. The van der Waals surface area contributed by atoms with E-state index in [0.717, 1.165) is 18.9 Å². The van der Waals surface area contributed by atoms with E-state index < -0.39 is 23.8 Å². The molecule has 0 radical (unpaired) electrons. The third-order valence-electron chi connectivity index (χ3n) is 4.25. The Bertz CT molecular complexity index is 870. The third kappa shape index (κ3) is 5.99. The molecule has 0 aliphatic carbocycles. The third-order valence-corrected chi connectivity index (χ3v) is 4.52. The molecule has 1 aliphatic rings. The molecule has 162 valence electrons. The van der Waals surface area contributed by atoms with Crippen LogP contribution in [0.2, 0.25) is 5.02 Å². The largest absolute Gasteiger partial charge is 0.479 e. The summed E-state index contributed by atoms with van der Waals surface area (Å²) in [5, 5.41) is -0.271. The van der Waals surface area contributed by atoms with Crippen molar-refractivity contribution in [3.8, 4) is 17.4 Å². The predicted molar refractivity (Wildman–Crippen MR) is 101 cm³/mol. The number of nitrogens with zero attached hydrogens (tertiary/aromatic N) is 1. The lowest BCUT2D eigenvalue weighted by atomic mass is 10.2. The van der Waals surface area contributed by atoms with E-state index in [0.29, 0.717) is 18.6 Å². The first-order valence-electron chi connectivity index (χ1n) is 9.18. The Hall–Kier alpha value is -2.52. The maximum absolute atomic E-state index is 12.7. The molecule has 0 amide bonds. The van der Waals surface area contributed by atoms with Crippen molar-refractivity contribution in [3.63, 3.8) is 0 Å². The molecule has 3 rings (SSSR count). The number of ether oxygens (including phenoxy) is 4. The normalized spacial score (nSPS) is 17.4. The minimum atomic E-state index is -4.55. The van der Waals surface area contributed by atoms with Gasteiger partial charge in [-0.15, -0.1) is 0 Å². The van der Waals surface area contributed by atoms with Crippen molar-refractivity contribution in [2.75, 3.05) is 13.2 Å². The van der Waals surface area contributed by atoms with Crippen LogP contribution in [0.15, 0.2) is 36.5 Å². The van der Waals surface area contributed by atoms with Gasteiger partial charge in [0.2, 0.25) is 5.88 Å². The Morgan fingerprint density at radius 3 is 2.60 bits per heavy atom. The maximum Gasteiger partial charge on any atom is 0.417 e. The van der Waals surface area contributed by atoms with Gasteiger partial charge in [-0.3, -0.25) is 0 Å². The highest BCUT2D eigenvalue weighted by atomic mass is 35.5. The van der Waals surface area contributed by atoms with Gasteiger partial charge in [0.25, 0.3) is 0 Å². The van der Waals surface area contributed by atoms with Crippen LogP contribution < -0.4 is 9.47 Å². The van der Waals surface area contributed by atoms with Gasteiger partial charge in [0.05, 0.1) is 11.7 Å². The highest BCUT2D eigenvalue weighted by molar-refractivity contribution is 6.31. The van der Waals surface area contributed by atoms with E-state index in [1.165, 1.54) is 24.3 Å². The quantitative estimate of drug-likeness (QED) is 0.556. The number of benzene rings is 1. The molecule has 1 aromatic carbocycles. The first kappa shape index (κ1) is 22.2. The van der Waals surface area contributed by atoms with Crippen molar-refractivity contribution in [3.05, 3.63) is 47.1 Å². The zero-order valence-electron chi connectivity index (χ0n) is 15.9. The Labute approximate surface area is 175 Å². The Morgan fingerprint density at radius 1 is 1.30 bits per heavy atom. The van der Waals surface area contributed by atoms with E-state index >= 15 is 0 Å². The number of rotatable bonds is 7. The Morgan fingerprint density at radius 2 is 2.00 bits per heavy atom. The van der Waals surface area contributed by atoms with Crippen LogP contribution in [0.3, 0.4) is 0 Å². The monoisotopic (exact) mass is 445 g/mol. The van der Waals surface area contributed by atoms with Gasteiger partial charge in [-0.05, 0) is 50.1 Å². The standard InChI is InChI=1S/C20H19ClF3NO5/c1-12(19(26)28-11-16-3-2-8-27-16)29-14-4-6-15(7-5-14)30-18-17(21)9-13(10-25-18)20(22,23)24/h4-7,9-10,12,16H,2-3,8,11H2,1H3/t12-,16?/m1/s1. The molecule has 0 spiro atoms. The van der Waals surface area contributed by atoms with Gasteiger partial charge in [0, 0.05) is 12.8 Å². The topological polar surface area (TPSA) is 66.9 Å². The molecule has 0 N–H and O–H groups in total. The average molecular weight is 446 g/mol. The molecule has 1 saturated heterocycles. The highest BCUT2D eigenvalue weighted by Gasteiger charge is 2.31. The minimum Gasteiger partial charge on any atom is -0.479 e. The summed E-state index contributed by atoms with van der Waals surface area (Å²) < 4.78 is 59.5. The smallest absolute Gasteiger partial charge is 0.417 e. The van der Waals surface area contributed by atoms with Gasteiger partial charge >= 0.3 is 12.1 Å². The van der Waals surface area contributed by atoms with Crippen molar-refractivity contribution < 1.29 is 36.9 Å². The molecule has 1 unspecified atom stereocenters. The number of hydrogen-bond acceptors (Lipinski definition) is 6. The van der Waals surface area contributed by atoms with Crippen molar-refractivity contribution >= 4 is 17.6 Å². The summed E-state index contributed by atoms with van der Waals surface area (Å²) in [7, 11) is 0. The first-order valence-corrected chi connectivity index (χ1v) is 9.55. The fraction of sp³-hybridized carbons (Fsp3) is 0.400. The first-order chi connectivity index (χ1) is 14.2. The summed E-state index contributed by atoms with van der Waals surface area (Å²) in [6.45, 7) is 2.43. The summed E-state index contributed by atoms with van der Waals surface area (Å²) in [5.41, 5.74) is -0.969. The molecular formula is C20H19ClF3NO5. The number of halogens is 4. The lowest BCUT2D eigenvalue weighted by Crippen LogP contribution is -2.29. The zero-order valence-corrected chi connectivity index (χ0v) is 16.7. The van der Waals surface area contributed by atoms with Crippen LogP contribution in [0.5, 0.6) is 17.4 Å². The summed E-state index contributed by atoms with van der Waals surface area (Å²) in [6, 6.07) is 6.84. The van der Waals surface area contributed by atoms with Crippen molar-refractivity contribution in [1.29, 1.82) is 0 Å². The van der Waals surface area contributed by atoms with E-state index in [1.54, 1.807) is 6.92 Å². The average Bonchev–Trinajstić information content (AvgIpc) is 3.22. The second-order valence-corrected chi connectivity index (χ2v) is 7.01. The van der Waals surface area contributed by atoms with Gasteiger partial charge in [-0.2, -0.15) is 13.2 Å². The van der Waals surface area contributed by atoms with Crippen LogP contribution in [-0.4, -0.2) is 36.4 Å². The van der Waals surface area contributed by atoms with E-state index in [9.17, 15) is 18.0 Å². The summed E-state index contributed by atoms with van der Waals surface area (Å²) in [4.78, 5) is 15.6. The van der Waals surface area contributed by atoms with Crippen LogP contribution in [-0.2, 0) is 20.4 Å². The van der Waals surface area contributed by atoms with E-state index in [1.807, 2.05) is 0 Å². The molecule has 1 aromatic heterocycles. The number of carbonyl (C=O) groups is 1. The molecule has 2 aromatic rings. The van der Waals surface area contributed by atoms with Gasteiger partial charge in [0.1, 0.15) is 23.1 Å². The molecule has 10 heteroatoms. The van der Waals surface area contributed by atoms with Crippen molar-refractivity contribution in [2.24, 2.45) is 0 Å². The van der Waals surface area contributed by atoms with Crippen LogP contribution in [0, 0.1) is 0 Å². The van der Waals surface area contributed by atoms with Gasteiger partial charge in [0.15, 0.2) is 6.10 Å². The number of hydrogen-bond donors (Lipinski definition) is 0. The number of aromatic nitrogens is 1. The maximum atomic E-state index is 12.7. The zero-order chi connectivity index (χ0) is 21.7. The van der Waals surface area contributed by atoms with Crippen LogP contribution >= 0.6 is 11.6 Å². The lowest BCUT2D eigenvalue weighted by molar-refractivity contribution is -0.154. The molecule has 1 fully saturated rings. The van der Waals surface area contributed by atoms with Gasteiger partial charge < -0.3 is 18.9 Å². The highest BCUT2D eigenvalue weighted by Crippen LogP contribution is 2.34. The number of esters is 1. The van der Waals surface area contributed by atoms with Crippen molar-refractivity contribution in [2.45, 2.75) is 38.1 Å². The number of pyridine rings is 1. The second kappa shape index (κ2) is 9.53. The van der Waals surface area contributed by atoms with E-state index in [2.05, 4.69) is 4.98 Å². The van der Waals surface area contributed by atoms with Crippen LogP contribution in [0.1, 0.15) is 25.3 Å².